The molecule has 0 atom stereocenters. The Morgan fingerprint density at radius 2 is 1.79 bits per heavy atom. The van der Waals surface area contributed by atoms with Crippen LogP contribution in [0.1, 0.15) is 16.1 Å². The monoisotopic (exact) mass is 333 g/mol. The van der Waals surface area contributed by atoms with Crippen LogP contribution in [0.2, 0.25) is 0 Å². The number of hydrogen-bond acceptors (Lipinski definition) is 4. The molecule has 0 aliphatic carbocycles. The van der Waals surface area contributed by atoms with Crippen LogP contribution in [0, 0.1) is 22.7 Å². The van der Waals surface area contributed by atoms with Crippen LogP contribution in [0.3, 0.4) is 0 Å². The molecule has 0 saturated carbocycles. The van der Waals surface area contributed by atoms with E-state index in [4.69, 9.17) is 14.9 Å². The summed E-state index contributed by atoms with van der Waals surface area (Å²) in [7, 11) is 0. The average molecular weight is 333 g/mol. The maximum absolute atomic E-state index is 12.7. The second kappa shape index (κ2) is 6.88. The van der Waals surface area contributed by atoms with Crippen molar-refractivity contribution in [3.8, 4) is 23.5 Å². The summed E-state index contributed by atoms with van der Waals surface area (Å²) >= 11 is 0. The molecule has 0 unspecified atom stereocenters. The van der Waals surface area contributed by atoms with Gasteiger partial charge in [0.2, 0.25) is 0 Å². The number of carbonyl (C=O) groups excluding carboxylic acids is 1. The van der Waals surface area contributed by atoms with Crippen LogP contribution >= 0.6 is 0 Å². The number of carbonyl (C=O) groups is 1. The van der Waals surface area contributed by atoms with Crippen molar-refractivity contribution in [1.29, 1.82) is 10.5 Å². The molecule has 1 aromatic carbocycles. The van der Waals surface area contributed by atoms with Crippen LogP contribution in [0.15, 0.2) is 40.8 Å². The fourth-order valence-corrected chi connectivity index (χ4v) is 1.98. The predicted molar refractivity (Wildman–Crippen MR) is 76.3 cm³/mol. The van der Waals surface area contributed by atoms with Crippen molar-refractivity contribution < 1.29 is 22.4 Å². The van der Waals surface area contributed by atoms with Crippen LogP contribution in [0.5, 0.6) is 0 Å². The predicted octanol–water partition coefficient (Wildman–Crippen LogP) is 3.45. The van der Waals surface area contributed by atoms with Crippen molar-refractivity contribution in [3.63, 3.8) is 0 Å². The van der Waals surface area contributed by atoms with Crippen LogP contribution in [-0.4, -0.2) is 23.9 Å². The average Bonchev–Trinajstić information content (AvgIpc) is 3.03. The minimum atomic E-state index is -4.49. The van der Waals surface area contributed by atoms with E-state index < -0.39 is 17.6 Å². The number of furan rings is 1. The third-order valence-electron chi connectivity index (χ3n) is 3.10. The smallest absolute Gasteiger partial charge is 0.416 e. The molecule has 0 saturated heterocycles. The van der Waals surface area contributed by atoms with E-state index in [0.29, 0.717) is 0 Å². The fraction of sp³-hybridized carbons (Fsp3) is 0.188. The van der Waals surface area contributed by atoms with Gasteiger partial charge in [-0.3, -0.25) is 4.79 Å². The summed E-state index contributed by atoms with van der Waals surface area (Å²) in [5, 5.41) is 17.3. The second-order valence-corrected chi connectivity index (χ2v) is 4.72. The van der Waals surface area contributed by atoms with E-state index in [1.165, 1.54) is 24.3 Å². The Kier molecular flexibility index (Phi) is 4.90. The van der Waals surface area contributed by atoms with E-state index in [0.717, 1.165) is 17.0 Å². The lowest BCUT2D eigenvalue weighted by molar-refractivity contribution is -0.137. The van der Waals surface area contributed by atoms with Crippen molar-refractivity contribution in [2.75, 3.05) is 13.1 Å². The molecule has 122 valence electrons. The number of amides is 1. The van der Waals surface area contributed by atoms with Gasteiger partial charge in [-0.1, -0.05) is 12.1 Å². The molecular formula is C16H10F3N3O2. The van der Waals surface area contributed by atoms with E-state index in [1.54, 1.807) is 12.1 Å². The third kappa shape index (κ3) is 3.73. The Morgan fingerprint density at radius 1 is 1.12 bits per heavy atom. The number of hydrogen-bond donors (Lipinski definition) is 0. The maximum atomic E-state index is 12.7. The SMILES string of the molecule is N#CCN(CC#N)C(=O)c1ccc(-c2cccc(C(F)(F)F)c2)o1. The zero-order valence-corrected chi connectivity index (χ0v) is 12.2. The van der Waals surface area contributed by atoms with E-state index in [2.05, 4.69) is 0 Å². The lowest BCUT2D eigenvalue weighted by Crippen LogP contribution is -2.31. The molecular weight excluding hydrogens is 323 g/mol. The molecule has 2 rings (SSSR count). The molecule has 24 heavy (non-hydrogen) atoms. The fourth-order valence-electron chi connectivity index (χ4n) is 1.98. The van der Waals surface area contributed by atoms with E-state index in [1.807, 2.05) is 0 Å². The van der Waals surface area contributed by atoms with Gasteiger partial charge in [0.25, 0.3) is 5.91 Å². The summed E-state index contributed by atoms with van der Waals surface area (Å²) < 4.78 is 43.5. The summed E-state index contributed by atoms with van der Waals surface area (Å²) in [4.78, 5) is 13.1. The summed E-state index contributed by atoms with van der Waals surface area (Å²) in [6.45, 7) is -0.599. The van der Waals surface area contributed by atoms with Crippen LogP contribution in [0.25, 0.3) is 11.3 Å². The Balaban J connectivity index is 2.30. The van der Waals surface area contributed by atoms with Gasteiger partial charge >= 0.3 is 6.18 Å². The van der Waals surface area contributed by atoms with Crippen molar-refractivity contribution >= 4 is 5.91 Å². The molecule has 0 fully saturated rings. The molecule has 0 aliphatic heterocycles. The quantitative estimate of drug-likeness (QED) is 0.803. The molecule has 8 heteroatoms. The first kappa shape index (κ1) is 17.1. The molecule has 1 heterocycles. The second-order valence-electron chi connectivity index (χ2n) is 4.72. The first-order valence-electron chi connectivity index (χ1n) is 6.67. The standard InChI is InChI=1S/C16H10F3N3O2/c17-16(18,19)12-3-1-2-11(10-12)13-4-5-14(24-13)15(23)22(8-6-20)9-7-21/h1-5,10H,8-9H2. The molecule has 2 aromatic rings. The van der Waals surface area contributed by atoms with Gasteiger partial charge in [0, 0.05) is 5.56 Å². The topological polar surface area (TPSA) is 81.0 Å². The van der Waals surface area contributed by atoms with Crippen LogP contribution in [0.4, 0.5) is 13.2 Å². The van der Waals surface area contributed by atoms with Crippen molar-refractivity contribution in [2.24, 2.45) is 0 Å². The summed E-state index contributed by atoms with van der Waals surface area (Å²) in [5.41, 5.74) is -0.671. The lowest BCUT2D eigenvalue weighted by atomic mass is 10.1. The first-order valence-corrected chi connectivity index (χ1v) is 6.67. The highest BCUT2D eigenvalue weighted by atomic mass is 19.4. The maximum Gasteiger partial charge on any atom is 0.416 e. The Hall–Kier alpha value is -3.26. The number of nitrogens with zero attached hydrogens (tertiary/aromatic N) is 3. The summed E-state index contributed by atoms with van der Waals surface area (Å²) in [5.74, 6) is -0.762. The molecule has 0 spiro atoms. The Morgan fingerprint density at radius 3 is 2.38 bits per heavy atom. The minimum Gasteiger partial charge on any atom is -0.451 e. The molecule has 1 amide bonds. The third-order valence-corrected chi connectivity index (χ3v) is 3.10. The number of rotatable bonds is 4. The van der Waals surface area contributed by atoms with Gasteiger partial charge in [-0.15, -0.1) is 0 Å². The molecule has 0 radical (unpaired) electrons. The van der Waals surface area contributed by atoms with Crippen molar-refractivity contribution in [3.05, 3.63) is 47.7 Å². The van der Waals surface area contributed by atoms with E-state index >= 15 is 0 Å². The lowest BCUT2D eigenvalue weighted by Gasteiger charge is -2.13. The molecule has 0 N–H and O–H groups in total. The van der Waals surface area contributed by atoms with Gasteiger partial charge in [0.1, 0.15) is 18.8 Å². The van der Waals surface area contributed by atoms with Gasteiger partial charge in [0.15, 0.2) is 5.76 Å². The molecule has 1 aromatic heterocycles. The molecule has 0 bridgehead atoms. The largest absolute Gasteiger partial charge is 0.451 e. The highest BCUT2D eigenvalue weighted by molar-refractivity contribution is 5.92. The van der Waals surface area contributed by atoms with Gasteiger partial charge in [-0.25, -0.2) is 0 Å². The first-order chi connectivity index (χ1) is 11.4. The summed E-state index contributed by atoms with van der Waals surface area (Å²) in [6, 6.07) is 10.7. The minimum absolute atomic E-state index is 0.0818. The highest BCUT2D eigenvalue weighted by Crippen LogP contribution is 2.32. The zero-order valence-electron chi connectivity index (χ0n) is 12.2. The summed E-state index contributed by atoms with van der Waals surface area (Å²) in [6.07, 6.45) is -4.49. The highest BCUT2D eigenvalue weighted by Gasteiger charge is 2.30. The van der Waals surface area contributed by atoms with Crippen molar-refractivity contribution in [1.82, 2.24) is 4.90 Å². The van der Waals surface area contributed by atoms with Crippen molar-refractivity contribution in [2.45, 2.75) is 6.18 Å². The molecule has 5 nitrogen and oxygen atoms in total. The Labute approximate surface area is 135 Å². The zero-order chi connectivity index (χ0) is 17.7. The van der Waals surface area contributed by atoms with Gasteiger partial charge in [-0.05, 0) is 24.3 Å². The van der Waals surface area contributed by atoms with E-state index in [-0.39, 0.29) is 30.2 Å². The normalized spacial score (nSPS) is 10.7. The van der Waals surface area contributed by atoms with Crippen LogP contribution < -0.4 is 0 Å². The van der Waals surface area contributed by atoms with Crippen LogP contribution in [-0.2, 0) is 6.18 Å². The van der Waals surface area contributed by atoms with Gasteiger partial charge in [0.05, 0.1) is 17.7 Å². The van der Waals surface area contributed by atoms with Gasteiger partial charge < -0.3 is 9.32 Å². The number of alkyl halides is 3. The molecule has 0 aliphatic rings. The number of nitriles is 2. The number of benzene rings is 1. The van der Waals surface area contributed by atoms with Gasteiger partial charge in [-0.2, -0.15) is 23.7 Å². The van der Waals surface area contributed by atoms with E-state index in [9.17, 15) is 18.0 Å². The number of halogens is 3. The Bertz CT molecular complexity index is 812.